The summed E-state index contributed by atoms with van der Waals surface area (Å²) in [6, 6.07) is 19.3. The molecule has 1 aromatic heterocycles. The summed E-state index contributed by atoms with van der Waals surface area (Å²) in [5.74, 6) is 0. The number of pyridine rings is 1. The highest BCUT2D eigenvalue weighted by atomic mass is 79.9. The van der Waals surface area contributed by atoms with Crippen LogP contribution in [0, 0.1) is 0 Å². The number of nitrogens with one attached hydrogen (secondary N) is 1. The summed E-state index contributed by atoms with van der Waals surface area (Å²) in [4.78, 5) is 4.51. The molecule has 2 aromatic carbocycles. The van der Waals surface area contributed by atoms with Gasteiger partial charge in [0.25, 0.3) is 0 Å². The Hall–Kier alpha value is -1.71. The summed E-state index contributed by atoms with van der Waals surface area (Å²) >= 11 is 3.53. The van der Waals surface area contributed by atoms with Gasteiger partial charge >= 0.3 is 0 Å². The quantitative estimate of drug-likeness (QED) is 0.717. The highest BCUT2D eigenvalue weighted by Crippen LogP contribution is 2.16. The minimum Gasteiger partial charge on any atom is -0.310 e. The van der Waals surface area contributed by atoms with E-state index < -0.39 is 0 Å². The Balaban J connectivity index is 1.66. The Morgan fingerprint density at radius 1 is 1.09 bits per heavy atom. The van der Waals surface area contributed by atoms with Gasteiger partial charge in [0.1, 0.15) is 0 Å². The van der Waals surface area contributed by atoms with Crippen LogP contribution in [0.1, 0.15) is 18.1 Å². The average Bonchev–Trinajstić information content (AvgIpc) is 2.53. The van der Waals surface area contributed by atoms with Crippen LogP contribution in [0.25, 0.3) is 10.9 Å². The van der Waals surface area contributed by atoms with Crippen LogP contribution in [-0.4, -0.2) is 11.0 Å². The maximum atomic E-state index is 4.51. The molecular weight excluding hydrogens is 336 g/mol. The molecule has 2 nitrogen and oxygen atoms in total. The second kappa shape index (κ2) is 7.03. The van der Waals surface area contributed by atoms with Crippen LogP contribution >= 0.6 is 15.9 Å². The number of hydrogen-bond acceptors (Lipinski definition) is 2. The lowest BCUT2D eigenvalue weighted by atomic mass is 10.1. The van der Waals surface area contributed by atoms with Crippen molar-refractivity contribution in [2.75, 3.05) is 0 Å². The molecule has 0 aliphatic heterocycles. The predicted octanol–water partition coefficient (Wildman–Crippen LogP) is 4.72. The summed E-state index contributed by atoms with van der Waals surface area (Å²) in [7, 11) is 0. The molecule has 0 aliphatic rings. The van der Waals surface area contributed by atoms with Crippen LogP contribution in [-0.2, 0) is 13.0 Å². The maximum absolute atomic E-state index is 4.51. The zero-order valence-electron chi connectivity index (χ0n) is 12.6. The molecule has 22 heavy (non-hydrogen) atoms. The zero-order valence-corrected chi connectivity index (χ0v) is 14.2. The second-order valence-electron chi connectivity index (χ2n) is 5.61. The first kappa shape index (κ1) is 15.2. The van der Waals surface area contributed by atoms with E-state index in [1.54, 1.807) is 0 Å². The molecule has 3 heteroatoms. The molecule has 0 spiro atoms. The number of halogens is 1. The average molecular weight is 355 g/mol. The van der Waals surface area contributed by atoms with Crippen molar-refractivity contribution >= 4 is 26.8 Å². The van der Waals surface area contributed by atoms with Crippen LogP contribution < -0.4 is 5.32 Å². The standard InChI is InChI=1S/C19H19BrN2/c1-14(11-15-5-2-9-18(20)12-15)22-13-17-7-3-6-16-8-4-10-21-19(16)17/h2-10,12,14,22H,11,13H2,1H3. The summed E-state index contributed by atoms with van der Waals surface area (Å²) in [6.45, 7) is 3.06. The van der Waals surface area contributed by atoms with E-state index in [2.05, 4.69) is 81.7 Å². The first-order valence-corrected chi connectivity index (χ1v) is 8.32. The highest BCUT2D eigenvalue weighted by Gasteiger charge is 2.06. The van der Waals surface area contributed by atoms with Gasteiger partial charge < -0.3 is 5.32 Å². The predicted molar refractivity (Wildman–Crippen MR) is 95.9 cm³/mol. The minimum atomic E-state index is 0.410. The van der Waals surface area contributed by atoms with E-state index >= 15 is 0 Å². The van der Waals surface area contributed by atoms with Crippen molar-refractivity contribution in [3.05, 3.63) is 76.4 Å². The van der Waals surface area contributed by atoms with E-state index in [1.165, 1.54) is 16.5 Å². The fourth-order valence-corrected chi connectivity index (χ4v) is 3.13. The topological polar surface area (TPSA) is 24.9 Å². The Kier molecular flexibility index (Phi) is 4.86. The lowest BCUT2D eigenvalue weighted by Gasteiger charge is -2.15. The molecule has 1 unspecified atom stereocenters. The van der Waals surface area contributed by atoms with E-state index in [0.717, 1.165) is 23.0 Å². The zero-order chi connectivity index (χ0) is 15.4. The molecule has 0 bridgehead atoms. The normalized spacial score (nSPS) is 12.5. The summed E-state index contributed by atoms with van der Waals surface area (Å²) < 4.78 is 1.13. The van der Waals surface area contributed by atoms with Gasteiger partial charge in [-0.1, -0.05) is 52.3 Å². The molecule has 1 heterocycles. The lowest BCUT2D eigenvalue weighted by Crippen LogP contribution is -2.27. The number of para-hydroxylation sites is 1. The first-order valence-electron chi connectivity index (χ1n) is 7.53. The largest absolute Gasteiger partial charge is 0.310 e. The van der Waals surface area contributed by atoms with Crippen LogP contribution in [0.3, 0.4) is 0 Å². The fraction of sp³-hybridized carbons (Fsp3) is 0.211. The highest BCUT2D eigenvalue weighted by molar-refractivity contribution is 9.10. The SMILES string of the molecule is CC(Cc1cccc(Br)c1)NCc1cccc2cccnc12. The van der Waals surface area contributed by atoms with Gasteiger partial charge in [-0.25, -0.2) is 0 Å². The number of aromatic nitrogens is 1. The van der Waals surface area contributed by atoms with Crippen molar-refractivity contribution in [1.29, 1.82) is 0 Å². The fourth-order valence-electron chi connectivity index (χ4n) is 2.68. The van der Waals surface area contributed by atoms with Gasteiger partial charge in [0.15, 0.2) is 0 Å². The van der Waals surface area contributed by atoms with Gasteiger partial charge in [-0.15, -0.1) is 0 Å². The summed E-state index contributed by atoms with van der Waals surface area (Å²) in [5.41, 5.74) is 3.68. The molecule has 1 atom stereocenters. The molecule has 3 aromatic rings. The number of fused-ring (bicyclic) bond motifs is 1. The van der Waals surface area contributed by atoms with Crippen molar-refractivity contribution in [2.45, 2.75) is 25.9 Å². The Bertz CT molecular complexity index is 765. The molecule has 0 amide bonds. The van der Waals surface area contributed by atoms with E-state index in [9.17, 15) is 0 Å². The van der Waals surface area contributed by atoms with Crippen molar-refractivity contribution in [2.24, 2.45) is 0 Å². The van der Waals surface area contributed by atoms with Crippen LogP contribution in [0.4, 0.5) is 0 Å². The van der Waals surface area contributed by atoms with Gasteiger partial charge in [0.2, 0.25) is 0 Å². The molecule has 0 aliphatic carbocycles. The summed E-state index contributed by atoms with van der Waals surface area (Å²) in [6.07, 6.45) is 2.87. The molecule has 0 saturated carbocycles. The molecule has 112 valence electrons. The Morgan fingerprint density at radius 2 is 1.91 bits per heavy atom. The van der Waals surface area contributed by atoms with E-state index in [-0.39, 0.29) is 0 Å². The maximum Gasteiger partial charge on any atom is 0.0746 e. The Morgan fingerprint density at radius 3 is 2.77 bits per heavy atom. The molecule has 3 rings (SSSR count). The van der Waals surface area contributed by atoms with E-state index in [0.29, 0.717) is 6.04 Å². The number of rotatable bonds is 5. The number of nitrogens with zero attached hydrogens (tertiary/aromatic N) is 1. The molecule has 0 saturated heterocycles. The van der Waals surface area contributed by atoms with Gasteiger partial charge in [0, 0.05) is 28.6 Å². The third kappa shape index (κ3) is 3.73. The van der Waals surface area contributed by atoms with Crippen molar-refractivity contribution in [1.82, 2.24) is 10.3 Å². The van der Waals surface area contributed by atoms with Crippen molar-refractivity contribution < 1.29 is 0 Å². The van der Waals surface area contributed by atoms with Crippen molar-refractivity contribution in [3.63, 3.8) is 0 Å². The smallest absolute Gasteiger partial charge is 0.0746 e. The molecule has 1 N–H and O–H groups in total. The Labute approximate surface area is 139 Å². The monoisotopic (exact) mass is 354 g/mol. The third-order valence-corrected chi connectivity index (χ3v) is 4.28. The molecule has 0 radical (unpaired) electrons. The van der Waals surface area contributed by atoms with Gasteiger partial charge in [-0.2, -0.15) is 0 Å². The van der Waals surface area contributed by atoms with E-state index in [1.807, 2.05) is 12.3 Å². The van der Waals surface area contributed by atoms with Crippen LogP contribution in [0.2, 0.25) is 0 Å². The van der Waals surface area contributed by atoms with E-state index in [4.69, 9.17) is 0 Å². The lowest BCUT2D eigenvalue weighted by molar-refractivity contribution is 0.546. The van der Waals surface area contributed by atoms with Crippen molar-refractivity contribution in [3.8, 4) is 0 Å². The second-order valence-corrected chi connectivity index (χ2v) is 6.52. The number of hydrogen-bond donors (Lipinski definition) is 1. The molecular formula is C19H19BrN2. The summed E-state index contributed by atoms with van der Waals surface area (Å²) in [5, 5.41) is 4.80. The third-order valence-electron chi connectivity index (χ3n) is 3.79. The minimum absolute atomic E-state index is 0.410. The van der Waals surface area contributed by atoms with Crippen LogP contribution in [0.15, 0.2) is 65.3 Å². The van der Waals surface area contributed by atoms with Gasteiger partial charge in [-0.3, -0.25) is 4.98 Å². The first-order chi connectivity index (χ1) is 10.7. The molecule has 0 fully saturated rings. The van der Waals surface area contributed by atoms with Crippen LogP contribution in [0.5, 0.6) is 0 Å². The number of benzene rings is 2. The van der Waals surface area contributed by atoms with Gasteiger partial charge in [0.05, 0.1) is 5.52 Å². The van der Waals surface area contributed by atoms with Gasteiger partial charge in [-0.05, 0) is 42.7 Å².